The Hall–Kier alpha value is -2.79. The number of esters is 1. The smallest absolute Gasteiger partial charge is 0.340 e. The van der Waals surface area contributed by atoms with Gasteiger partial charge >= 0.3 is 5.97 Å². The van der Waals surface area contributed by atoms with Gasteiger partial charge in [-0.3, -0.25) is 0 Å². The zero-order valence-electron chi connectivity index (χ0n) is 13.6. The maximum atomic E-state index is 11.9. The van der Waals surface area contributed by atoms with E-state index < -0.39 is 5.97 Å². The highest BCUT2D eigenvalue weighted by molar-refractivity contribution is 5.94. The molecule has 0 unspecified atom stereocenters. The molecule has 0 aliphatic heterocycles. The standard InChI is InChI=1S/C16H19N5O2/c1-5-23-15(22)12(19-20-17)9-11-7-6-8-21-10-13(16(2,3)4)18-14(11)21/h6-10H,5H2,1-4H3/b12-9-. The van der Waals surface area contributed by atoms with E-state index in [9.17, 15) is 4.79 Å². The fourth-order valence-electron chi connectivity index (χ4n) is 2.04. The van der Waals surface area contributed by atoms with E-state index in [1.807, 2.05) is 22.9 Å². The summed E-state index contributed by atoms with van der Waals surface area (Å²) < 4.78 is 6.78. The van der Waals surface area contributed by atoms with Gasteiger partial charge in [-0.1, -0.05) is 25.9 Å². The lowest BCUT2D eigenvalue weighted by molar-refractivity contribution is -0.138. The van der Waals surface area contributed by atoms with Crippen molar-refractivity contribution in [1.82, 2.24) is 9.38 Å². The Morgan fingerprint density at radius 3 is 2.87 bits per heavy atom. The van der Waals surface area contributed by atoms with Crippen molar-refractivity contribution in [2.75, 3.05) is 6.61 Å². The minimum atomic E-state index is -0.657. The normalized spacial score (nSPS) is 12.1. The second-order valence-corrected chi connectivity index (χ2v) is 6.01. The topological polar surface area (TPSA) is 92.4 Å². The maximum absolute atomic E-state index is 11.9. The van der Waals surface area contributed by atoms with E-state index >= 15 is 0 Å². The molecular weight excluding hydrogens is 294 g/mol. The summed E-state index contributed by atoms with van der Waals surface area (Å²) in [5.41, 5.74) is 10.8. The highest BCUT2D eigenvalue weighted by Gasteiger charge is 2.18. The van der Waals surface area contributed by atoms with Crippen LogP contribution in [0.15, 0.2) is 35.3 Å². The maximum Gasteiger partial charge on any atom is 0.340 e. The number of nitrogens with zero attached hydrogens (tertiary/aromatic N) is 5. The molecule has 0 aliphatic carbocycles. The number of fused-ring (bicyclic) bond motifs is 1. The van der Waals surface area contributed by atoms with Crippen molar-refractivity contribution in [3.8, 4) is 0 Å². The minimum absolute atomic E-state index is 0.0947. The SMILES string of the molecule is CCOC(=O)/C(=C/c1cccn2cc(C(C)(C)C)nc12)N=[N+]=[N-]. The van der Waals surface area contributed by atoms with Crippen molar-refractivity contribution >= 4 is 17.7 Å². The van der Waals surface area contributed by atoms with Crippen LogP contribution in [0.1, 0.15) is 39.0 Å². The molecular formula is C16H19N5O2. The van der Waals surface area contributed by atoms with Crippen LogP contribution in [0.4, 0.5) is 0 Å². The average molecular weight is 313 g/mol. The lowest BCUT2D eigenvalue weighted by atomic mass is 9.93. The zero-order valence-corrected chi connectivity index (χ0v) is 13.6. The summed E-state index contributed by atoms with van der Waals surface area (Å²) in [6.45, 7) is 8.13. The molecule has 0 N–H and O–H groups in total. The van der Waals surface area contributed by atoms with Crippen molar-refractivity contribution < 1.29 is 9.53 Å². The molecule has 2 rings (SSSR count). The Morgan fingerprint density at radius 1 is 1.52 bits per heavy atom. The van der Waals surface area contributed by atoms with E-state index in [2.05, 4.69) is 35.8 Å². The van der Waals surface area contributed by atoms with Crippen LogP contribution in [0, 0.1) is 0 Å². The van der Waals surface area contributed by atoms with Crippen molar-refractivity contribution in [1.29, 1.82) is 0 Å². The van der Waals surface area contributed by atoms with Crippen molar-refractivity contribution in [2.24, 2.45) is 5.11 Å². The van der Waals surface area contributed by atoms with Crippen LogP contribution in [0.5, 0.6) is 0 Å². The second-order valence-electron chi connectivity index (χ2n) is 6.01. The summed E-state index contributed by atoms with van der Waals surface area (Å²) in [5.74, 6) is -0.657. The number of imidazole rings is 1. The molecule has 2 heterocycles. The van der Waals surface area contributed by atoms with E-state index in [-0.39, 0.29) is 17.7 Å². The van der Waals surface area contributed by atoms with E-state index in [1.165, 1.54) is 6.08 Å². The molecule has 0 amide bonds. The molecule has 0 saturated heterocycles. The molecule has 0 aliphatic rings. The number of carbonyl (C=O) groups is 1. The fourth-order valence-corrected chi connectivity index (χ4v) is 2.04. The molecule has 0 fully saturated rings. The Bertz CT molecular complexity index is 807. The monoisotopic (exact) mass is 313 g/mol. The van der Waals surface area contributed by atoms with Gasteiger partial charge in [0.15, 0.2) is 0 Å². The summed E-state index contributed by atoms with van der Waals surface area (Å²) in [5, 5.41) is 3.43. The lowest BCUT2D eigenvalue weighted by Gasteiger charge is -2.13. The van der Waals surface area contributed by atoms with Gasteiger partial charge in [-0.15, -0.1) is 0 Å². The van der Waals surface area contributed by atoms with E-state index in [0.29, 0.717) is 11.2 Å². The van der Waals surface area contributed by atoms with Crippen LogP contribution in [0.25, 0.3) is 22.2 Å². The molecule has 0 radical (unpaired) electrons. The predicted molar refractivity (Wildman–Crippen MR) is 87.6 cm³/mol. The first-order chi connectivity index (χ1) is 10.9. The summed E-state index contributed by atoms with van der Waals surface area (Å²) in [6.07, 6.45) is 5.32. The molecule has 0 saturated carbocycles. The Labute approximate surface area is 134 Å². The van der Waals surface area contributed by atoms with E-state index in [0.717, 1.165) is 5.69 Å². The van der Waals surface area contributed by atoms with Crippen LogP contribution in [-0.2, 0) is 14.9 Å². The molecule has 120 valence electrons. The summed E-state index contributed by atoms with van der Waals surface area (Å²) in [7, 11) is 0. The number of hydrogen-bond acceptors (Lipinski definition) is 4. The predicted octanol–water partition coefficient (Wildman–Crippen LogP) is 3.85. The number of ether oxygens (including phenoxy) is 1. The number of pyridine rings is 1. The number of rotatable bonds is 4. The number of aromatic nitrogens is 2. The Kier molecular flexibility index (Phi) is 4.71. The summed E-state index contributed by atoms with van der Waals surface area (Å²) >= 11 is 0. The van der Waals surface area contributed by atoms with Gasteiger partial charge in [-0.05, 0) is 30.7 Å². The minimum Gasteiger partial charge on any atom is -0.462 e. The number of hydrogen-bond donors (Lipinski definition) is 0. The molecule has 7 nitrogen and oxygen atoms in total. The van der Waals surface area contributed by atoms with Gasteiger partial charge in [0.05, 0.1) is 12.3 Å². The highest BCUT2D eigenvalue weighted by atomic mass is 16.5. The molecule has 0 bridgehead atoms. The van der Waals surface area contributed by atoms with Crippen LogP contribution in [0.2, 0.25) is 0 Å². The number of azide groups is 1. The third-order valence-electron chi connectivity index (χ3n) is 3.21. The van der Waals surface area contributed by atoms with Gasteiger partial charge in [0.1, 0.15) is 11.3 Å². The zero-order chi connectivity index (χ0) is 17.0. The highest BCUT2D eigenvalue weighted by Crippen LogP contribution is 2.24. The van der Waals surface area contributed by atoms with E-state index in [4.69, 9.17) is 10.3 Å². The van der Waals surface area contributed by atoms with Gasteiger partial charge in [0, 0.05) is 28.3 Å². The number of carbonyl (C=O) groups excluding carboxylic acids is 1. The fraction of sp³-hybridized carbons (Fsp3) is 0.375. The van der Waals surface area contributed by atoms with Crippen LogP contribution >= 0.6 is 0 Å². The molecule has 2 aromatic rings. The van der Waals surface area contributed by atoms with Crippen LogP contribution < -0.4 is 0 Å². The Balaban J connectivity index is 2.57. The third-order valence-corrected chi connectivity index (χ3v) is 3.21. The van der Waals surface area contributed by atoms with Crippen LogP contribution in [-0.4, -0.2) is 22.0 Å². The van der Waals surface area contributed by atoms with Crippen molar-refractivity contribution in [2.45, 2.75) is 33.1 Å². The first-order valence-corrected chi connectivity index (χ1v) is 7.29. The summed E-state index contributed by atoms with van der Waals surface area (Å²) in [6, 6.07) is 3.65. The molecule has 0 atom stereocenters. The third kappa shape index (κ3) is 3.70. The molecule has 7 heteroatoms. The van der Waals surface area contributed by atoms with Crippen molar-refractivity contribution in [3.63, 3.8) is 0 Å². The van der Waals surface area contributed by atoms with Gasteiger partial charge in [-0.25, -0.2) is 9.78 Å². The van der Waals surface area contributed by atoms with Gasteiger partial charge in [0.25, 0.3) is 0 Å². The quantitative estimate of drug-likeness (QED) is 0.282. The average Bonchev–Trinajstić information content (AvgIpc) is 2.92. The lowest BCUT2D eigenvalue weighted by Crippen LogP contribution is -2.11. The molecule has 0 aromatic carbocycles. The second kappa shape index (κ2) is 6.54. The Morgan fingerprint density at radius 2 is 2.26 bits per heavy atom. The van der Waals surface area contributed by atoms with Gasteiger partial charge in [-0.2, -0.15) is 0 Å². The molecule has 0 spiro atoms. The first-order valence-electron chi connectivity index (χ1n) is 7.29. The van der Waals surface area contributed by atoms with Gasteiger partial charge < -0.3 is 9.14 Å². The first kappa shape index (κ1) is 16.6. The van der Waals surface area contributed by atoms with Gasteiger partial charge in [0.2, 0.25) is 0 Å². The summed E-state index contributed by atoms with van der Waals surface area (Å²) in [4.78, 5) is 19.2. The molecule has 2 aromatic heterocycles. The van der Waals surface area contributed by atoms with E-state index in [1.54, 1.807) is 13.0 Å². The largest absolute Gasteiger partial charge is 0.462 e. The van der Waals surface area contributed by atoms with Crippen molar-refractivity contribution in [3.05, 3.63) is 51.9 Å². The molecule has 23 heavy (non-hydrogen) atoms. The van der Waals surface area contributed by atoms with Crippen LogP contribution in [0.3, 0.4) is 0 Å².